The van der Waals surface area contributed by atoms with Crippen molar-refractivity contribution in [3.05, 3.63) is 66.2 Å². The first-order valence-corrected chi connectivity index (χ1v) is 9.93. The first-order chi connectivity index (χ1) is 13.8. The zero-order valence-electron chi connectivity index (χ0n) is 16.0. The van der Waals surface area contributed by atoms with Crippen LogP contribution in [0.3, 0.4) is 0 Å². The Balaban J connectivity index is 2.06. The number of rotatable bonds is 10. The Morgan fingerprint density at radius 2 is 1.76 bits per heavy atom. The van der Waals surface area contributed by atoms with Gasteiger partial charge in [0.25, 0.3) is 0 Å². The maximum absolute atomic E-state index is 12.4. The molecule has 154 valence electrons. The Kier molecular flexibility index (Phi) is 7.52. The van der Waals surface area contributed by atoms with Crippen LogP contribution in [0.4, 0.5) is 0 Å². The third-order valence-electron chi connectivity index (χ3n) is 3.86. The monoisotopic (exact) mass is 419 g/mol. The summed E-state index contributed by atoms with van der Waals surface area (Å²) in [6, 6.07) is 9.87. The van der Waals surface area contributed by atoms with E-state index in [1.807, 2.05) is 0 Å². The van der Waals surface area contributed by atoms with Gasteiger partial charge in [0.15, 0.2) is 6.61 Å². The van der Waals surface area contributed by atoms with Gasteiger partial charge in [-0.05, 0) is 42.5 Å². The third-order valence-corrected chi connectivity index (χ3v) is 5.30. The highest BCUT2D eigenvalue weighted by Crippen LogP contribution is 2.24. The molecule has 0 aromatic heterocycles. The van der Waals surface area contributed by atoms with Crippen molar-refractivity contribution in [3.8, 4) is 11.5 Å². The number of hydrogen-bond acceptors (Lipinski definition) is 7. The zero-order valence-corrected chi connectivity index (χ0v) is 16.8. The van der Waals surface area contributed by atoms with Crippen molar-refractivity contribution in [1.82, 2.24) is 4.72 Å². The van der Waals surface area contributed by atoms with Crippen LogP contribution in [-0.2, 0) is 14.8 Å². The lowest BCUT2D eigenvalue weighted by molar-refractivity contribution is 0.0474. The van der Waals surface area contributed by atoms with E-state index in [4.69, 9.17) is 14.2 Å². The zero-order chi connectivity index (χ0) is 21.4. The van der Waals surface area contributed by atoms with Gasteiger partial charge in [0, 0.05) is 6.54 Å². The Labute approximate surface area is 169 Å². The summed E-state index contributed by atoms with van der Waals surface area (Å²) in [5, 5.41) is 0. The molecular formula is C20H21NO7S. The van der Waals surface area contributed by atoms with Crippen LogP contribution in [0.25, 0.3) is 0 Å². The van der Waals surface area contributed by atoms with Gasteiger partial charge in [-0.15, -0.1) is 6.58 Å². The molecule has 2 aromatic carbocycles. The molecule has 29 heavy (non-hydrogen) atoms. The van der Waals surface area contributed by atoms with Gasteiger partial charge in [0.1, 0.15) is 11.5 Å². The Bertz CT molecular complexity index is 998. The van der Waals surface area contributed by atoms with E-state index in [9.17, 15) is 18.0 Å². The second-order valence-electron chi connectivity index (χ2n) is 5.73. The summed E-state index contributed by atoms with van der Waals surface area (Å²) >= 11 is 0. The van der Waals surface area contributed by atoms with Gasteiger partial charge in [0.2, 0.25) is 15.8 Å². The van der Waals surface area contributed by atoms with E-state index in [0.717, 1.165) is 0 Å². The minimum atomic E-state index is -3.69. The third kappa shape index (κ3) is 5.66. The molecule has 2 rings (SSSR count). The van der Waals surface area contributed by atoms with E-state index in [1.54, 1.807) is 12.1 Å². The van der Waals surface area contributed by atoms with Crippen molar-refractivity contribution in [3.63, 3.8) is 0 Å². The van der Waals surface area contributed by atoms with E-state index < -0.39 is 28.4 Å². The van der Waals surface area contributed by atoms with Crippen molar-refractivity contribution in [2.24, 2.45) is 0 Å². The molecule has 8 nitrogen and oxygen atoms in total. The lowest BCUT2D eigenvalue weighted by atomic mass is 10.1. The maximum atomic E-state index is 12.4. The molecule has 0 fully saturated rings. The topological polar surface area (TPSA) is 108 Å². The maximum Gasteiger partial charge on any atom is 0.338 e. The fourth-order valence-electron chi connectivity index (χ4n) is 2.35. The molecule has 0 aliphatic heterocycles. The van der Waals surface area contributed by atoms with Crippen LogP contribution in [0.15, 0.2) is 60.0 Å². The lowest BCUT2D eigenvalue weighted by Gasteiger charge is -2.10. The molecule has 0 saturated carbocycles. The average molecular weight is 419 g/mol. The highest BCUT2D eigenvalue weighted by Gasteiger charge is 2.18. The van der Waals surface area contributed by atoms with E-state index in [0.29, 0.717) is 11.5 Å². The SMILES string of the molecule is C=CCNS(=O)(=O)c1ccc(C(=O)OCC(=O)c2cc(OC)ccc2OC)cc1. The second kappa shape index (κ2) is 9.85. The Morgan fingerprint density at radius 3 is 2.34 bits per heavy atom. The van der Waals surface area contributed by atoms with Gasteiger partial charge >= 0.3 is 5.97 Å². The van der Waals surface area contributed by atoms with E-state index >= 15 is 0 Å². The number of Topliss-reactive ketones (excluding diaryl/α,β-unsaturated/α-hetero) is 1. The van der Waals surface area contributed by atoms with Crippen LogP contribution >= 0.6 is 0 Å². The summed E-state index contributed by atoms with van der Waals surface area (Å²) in [6.45, 7) is 3.02. The van der Waals surface area contributed by atoms with Crippen LogP contribution < -0.4 is 14.2 Å². The van der Waals surface area contributed by atoms with Gasteiger partial charge in [-0.25, -0.2) is 17.9 Å². The number of sulfonamides is 1. The predicted octanol–water partition coefficient (Wildman–Crippen LogP) is 2.21. The van der Waals surface area contributed by atoms with E-state index in [-0.39, 0.29) is 22.6 Å². The van der Waals surface area contributed by atoms with E-state index in [2.05, 4.69) is 11.3 Å². The number of carbonyl (C=O) groups excluding carboxylic acids is 2. The largest absolute Gasteiger partial charge is 0.497 e. The molecule has 0 amide bonds. The number of ketones is 1. The number of ether oxygens (including phenoxy) is 3. The first kappa shape index (κ1) is 22.1. The highest BCUT2D eigenvalue weighted by atomic mass is 32.2. The molecule has 1 N–H and O–H groups in total. The molecule has 0 aliphatic rings. The number of nitrogens with one attached hydrogen (secondary N) is 1. The number of carbonyl (C=O) groups is 2. The number of esters is 1. The predicted molar refractivity (Wildman–Crippen MR) is 106 cm³/mol. The molecule has 9 heteroatoms. The van der Waals surface area contributed by atoms with Gasteiger partial charge < -0.3 is 14.2 Å². The van der Waals surface area contributed by atoms with Gasteiger partial charge in [-0.3, -0.25) is 4.79 Å². The molecule has 0 unspecified atom stereocenters. The molecule has 0 spiro atoms. The Hall–Kier alpha value is -3.17. The van der Waals surface area contributed by atoms with E-state index in [1.165, 1.54) is 50.6 Å². The summed E-state index contributed by atoms with van der Waals surface area (Å²) < 4.78 is 41.6. The highest BCUT2D eigenvalue weighted by molar-refractivity contribution is 7.89. The molecule has 2 aromatic rings. The average Bonchev–Trinajstić information content (AvgIpc) is 2.75. The van der Waals surface area contributed by atoms with Crippen molar-refractivity contribution in [1.29, 1.82) is 0 Å². The summed E-state index contributed by atoms with van der Waals surface area (Å²) in [4.78, 5) is 24.6. The summed E-state index contributed by atoms with van der Waals surface area (Å²) in [6.07, 6.45) is 1.41. The van der Waals surface area contributed by atoms with Crippen LogP contribution in [0.2, 0.25) is 0 Å². The number of hydrogen-bond donors (Lipinski definition) is 1. The minimum Gasteiger partial charge on any atom is -0.497 e. The van der Waals surface area contributed by atoms with Crippen LogP contribution in [0.1, 0.15) is 20.7 Å². The van der Waals surface area contributed by atoms with Gasteiger partial charge in [0.05, 0.1) is 30.2 Å². The van der Waals surface area contributed by atoms with Crippen molar-refractivity contribution in [2.75, 3.05) is 27.4 Å². The van der Waals surface area contributed by atoms with Crippen LogP contribution in [-0.4, -0.2) is 47.5 Å². The second-order valence-corrected chi connectivity index (χ2v) is 7.50. The molecule has 0 heterocycles. The first-order valence-electron chi connectivity index (χ1n) is 8.45. The molecular weight excluding hydrogens is 398 g/mol. The summed E-state index contributed by atoms with van der Waals surface area (Å²) in [5.41, 5.74) is 0.326. The fraction of sp³-hybridized carbons (Fsp3) is 0.200. The molecule has 0 saturated heterocycles. The van der Waals surface area contributed by atoms with Crippen molar-refractivity contribution in [2.45, 2.75) is 4.90 Å². The molecule has 0 radical (unpaired) electrons. The summed E-state index contributed by atoms with van der Waals surface area (Å²) in [5.74, 6) is -0.444. The van der Waals surface area contributed by atoms with Gasteiger partial charge in [-0.2, -0.15) is 0 Å². The lowest BCUT2D eigenvalue weighted by Crippen LogP contribution is -2.23. The standard InChI is InChI=1S/C20H21NO7S/c1-4-11-21-29(24,25)16-8-5-14(6-9-16)20(23)28-13-18(22)17-12-15(26-2)7-10-19(17)27-3/h4-10,12,21H,1,11,13H2,2-3H3. The summed E-state index contributed by atoms with van der Waals surface area (Å²) in [7, 11) is -0.808. The number of benzene rings is 2. The van der Waals surface area contributed by atoms with Crippen LogP contribution in [0, 0.1) is 0 Å². The molecule has 0 atom stereocenters. The molecule has 0 bridgehead atoms. The van der Waals surface area contributed by atoms with Gasteiger partial charge in [-0.1, -0.05) is 6.08 Å². The van der Waals surface area contributed by atoms with Crippen molar-refractivity contribution >= 4 is 21.8 Å². The normalized spacial score (nSPS) is 10.8. The number of methoxy groups -OCH3 is 2. The fourth-order valence-corrected chi connectivity index (χ4v) is 3.34. The van der Waals surface area contributed by atoms with Crippen molar-refractivity contribution < 1.29 is 32.2 Å². The smallest absolute Gasteiger partial charge is 0.338 e. The minimum absolute atomic E-state index is 0.00640. The quantitative estimate of drug-likeness (QED) is 0.357. The Morgan fingerprint density at radius 1 is 1.07 bits per heavy atom. The van der Waals surface area contributed by atoms with Crippen LogP contribution in [0.5, 0.6) is 11.5 Å². The molecule has 0 aliphatic carbocycles.